The molecule has 0 spiro atoms. The quantitative estimate of drug-likeness (QED) is 0.578. The number of anilines is 3. The van der Waals surface area contributed by atoms with Crippen LogP contribution in [0.15, 0.2) is 30.5 Å². The largest absolute Gasteiger partial charge is 0.363 e. The van der Waals surface area contributed by atoms with Gasteiger partial charge in [-0.2, -0.15) is 0 Å². The molecule has 4 rings (SSSR count). The molecule has 0 radical (unpaired) electrons. The zero-order chi connectivity index (χ0) is 17.1. The van der Waals surface area contributed by atoms with Crippen LogP contribution in [0.2, 0.25) is 0 Å². The number of hydrogen-bond donors (Lipinski definition) is 3. The minimum absolute atomic E-state index is 0.0255. The molecule has 24 heavy (non-hydrogen) atoms. The monoisotopic (exact) mass is 325 g/mol. The molecule has 1 aromatic heterocycles. The number of benzene rings is 1. The summed E-state index contributed by atoms with van der Waals surface area (Å²) in [6.45, 7) is 3.76. The Hall–Kier alpha value is -3.16. The van der Waals surface area contributed by atoms with Crippen LogP contribution < -0.4 is 16.0 Å². The zero-order valence-electron chi connectivity index (χ0n) is 13.1. The fourth-order valence-corrected chi connectivity index (χ4v) is 3.09. The Morgan fingerprint density at radius 1 is 1.17 bits per heavy atom. The Labute approximate surface area is 137 Å². The molecule has 2 aliphatic heterocycles. The predicted molar refractivity (Wildman–Crippen MR) is 89.0 cm³/mol. The van der Waals surface area contributed by atoms with E-state index in [9.17, 15) is 14.9 Å². The molecule has 1 unspecified atom stereocenters. The number of hydrogen-bond acceptors (Lipinski definition) is 6. The first kappa shape index (κ1) is 14.4. The van der Waals surface area contributed by atoms with Crippen molar-refractivity contribution in [2.24, 2.45) is 0 Å². The Morgan fingerprint density at radius 2 is 1.88 bits per heavy atom. The van der Waals surface area contributed by atoms with E-state index in [4.69, 9.17) is 0 Å². The standard InChI is InChI=1S/C16H15N5O3/c1-16(2)9-6-11-12(7-10(9)20-15(16)22)19-14(18-11)8-3-4-17-13(5-8)21(23)24/h3-7,14,18-19H,1-2H3,(H,20,22). The Bertz CT molecular complexity index is 893. The summed E-state index contributed by atoms with van der Waals surface area (Å²) in [5.41, 5.74) is 3.57. The van der Waals surface area contributed by atoms with Crippen LogP contribution in [0.1, 0.15) is 31.1 Å². The van der Waals surface area contributed by atoms with Gasteiger partial charge in [0.15, 0.2) is 0 Å². The first-order valence-electron chi connectivity index (χ1n) is 7.49. The highest BCUT2D eigenvalue weighted by Gasteiger charge is 2.40. The Morgan fingerprint density at radius 3 is 2.58 bits per heavy atom. The molecular formula is C16H15N5O3. The number of pyridine rings is 1. The molecular weight excluding hydrogens is 310 g/mol. The van der Waals surface area contributed by atoms with Crippen molar-refractivity contribution in [1.29, 1.82) is 0 Å². The van der Waals surface area contributed by atoms with Gasteiger partial charge in [-0.05, 0) is 47.5 Å². The molecule has 2 aliphatic rings. The average Bonchev–Trinajstić information content (AvgIpc) is 3.05. The van der Waals surface area contributed by atoms with Crippen molar-refractivity contribution >= 4 is 28.8 Å². The molecule has 1 atom stereocenters. The number of fused-ring (bicyclic) bond motifs is 2. The maximum atomic E-state index is 12.0. The van der Waals surface area contributed by atoms with E-state index in [0.29, 0.717) is 0 Å². The van der Waals surface area contributed by atoms with Crippen molar-refractivity contribution in [1.82, 2.24) is 4.98 Å². The molecule has 8 nitrogen and oxygen atoms in total. The van der Waals surface area contributed by atoms with Crippen molar-refractivity contribution in [3.63, 3.8) is 0 Å². The van der Waals surface area contributed by atoms with Gasteiger partial charge in [0.05, 0.1) is 16.8 Å². The van der Waals surface area contributed by atoms with Gasteiger partial charge >= 0.3 is 5.82 Å². The molecule has 0 saturated heterocycles. The highest BCUT2D eigenvalue weighted by molar-refractivity contribution is 6.07. The van der Waals surface area contributed by atoms with Gasteiger partial charge in [0, 0.05) is 17.3 Å². The number of nitrogens with zero attached hydrogens (tertiary/aromatic N) is 2. The fourth-order valence-electron chi connectivity index (χ4n) is 3.09. The van der Waals surface area contributed by atoms with Gasteiger partial charge in [-0.1, -0.05) is 0 Å². The third-order valence-corrected chi connectivity index (χ3v) is 4.54. The van der Waals surface area contributed by atoms with Gasteiger partial charge < -0.3 is 26.1 Å². The third kappa shape index (κ3) is 1.99. The van der Waals surface area contributed by atoms with Crippen LogP contribution in [0.4, 0.5) is 22.9 Å². The maximum Gasteiger partial charge on any atom is 0.363 e. The van der Waals surface area contributed by atoms with Crippen molar-refractivity contribution in [3.05, 3.63) is 51.7 Å². The van der Waals surface area contributed by atoms with E-state index < -0.39 is 10.3 Å². The topological polar surface area (TPSA) is 109 Å². The maximum absolute atomic E-state index is 12.0. The summed E-state index contributed by atoms with van der Waals surface area (Å²) < 4.78 is 0. The summed E-state index contributed by atoms with van der Waals surface area (Å²) in [6, 6.07) is 7.00. The number of carbonyl (C=O) groups excluding carboxylic acids is 1. The average molecular weight is 325 g/mol. The second kappa shape index (κ2) is 4.67. The Balaban J connectivity index is 1.68. The molecule has 0 aliphatic carbocycles. The van der Waals surface area contributed by atoms with Crippen molar-refractivity contribution < 1.29 is 9.72 Å². The van der Waals surface area contributed by atoms with Crippen LogP contribution in [-0.2, 0) is 10.2 Å². The summed E-state index contributed by atoms with van der Waals surface area (Å²) in [5.74, 6) is -0.217. The van der Waals surface area contributed by atoms with Crippen LogP contribution in [0.5, 0.6) is 0 Å². The van der Waals surface area contributed by atoms with Gasteiger partial charge in [0.25, 0.3) is 0 Å². The second-order valence-corrected chi connectivity index (χ2v) is 6.45. The van der Waals surface area contributed by atoms with E-state index in [2.05, 4.69) is 20.9 Å². The van der Waals surface area contributed by atoms with Crippen LogP contribution in [0.25, 0.3) is 0 Å². The lowest BCUT2D eigenvalue weighted by Crippen LogP contribution is -2.26. The van der Waals surface area contributed by atoms with Gasteiger partial charge in [0.1, 0.15) is 12.4 Å². The van der Waals surface area contributed by atoms with E-state index >= 15 is 0 Å². The molecule has 8 heteroatoms. The summed E-state index contributed by atoms with van der Waals surface area (Å²) in [7, 11) is 0. The lowest BCUT2D eigenvalue weighted by molar-refractivity contribution is -0.389. The first-order chi connectivity index (χ1) is 11.4. The van der Waals surface area contributed by atoms with Crippen LogP contribution >= 0.6 is 0 Å². The smallest absolute Gasteiger partial charge is 0.360 e. The lowest BCUT2D eigenvalue weighted by atomic mass is 9.86. The van der Waals surface area contributed by atoms with Crippen LogP contribution in [0.3, 0.4) is 0 Å². The minimum atomic E-state index is -0.584. The number of rotatable bonds is 2. The minimum Gasteiger partial charge on any atom is -0.360 e. The predicted octanol–water partition coefficient (Wildman–Crippen LogP) is 2.76. The van der Waals surface area contributed by atoms with E-state index in [1.807, 2.05) is 26.0 Å². The van der Waals surface area contributed by atoms with Crippen LogP contribution in [0, 0.1) is 10.1 Å². The SMILES string of the molecule is CC1(C)C(=O)Nc2cc3c(cc21)NC(c1ccnc([N+](=O)[O-])c1)N3. The molecule has 0 fully saturated rings. The fraction of sp³-hybridized carbons (Fsp3) is 0.250. The van der Waals surface area contributed by atoms with Gasteiger partial charge in [0.2, 0.25) is 5.91 Å². The second-order valence-electron chi connectivity index (χ2n) is 6.45. The highest BCUT2D eigenvalue weighted by Crippen LogP contribution is 2.45. The van der Waals surface area contributed by atoms with E-state index in [1.54, 1.807) is 6.07 Å². The molecule has 122 valence electrons. The van der Waals surface area contributed by atoms with Crippen molar-refractivity contribution in [2.45, 2.75) is 25.4 Å². The lowest BCUT2D eigenvalue weighted by Gasteiger charge is -2.15. The number of nitro groups is 1. The molecule has 0 saturated carbocycles. The third-order valence-electron chi connectivity index (χ3n) is 4.54. The zero-order valence-corrected chi connectivity index (χ0v) is 13.1. The first-order valence-corrected chi connectivity index (χ1v) is 7.49. The molecule has 3 heterocycles. The number of nitrogens with one attached hydrogen (secondary N) is 3. The van der Waals surface area contributed by atoms with E-state index in [0.717, 1.165) is 28.2 Å². The summed E-state index contributed by atoms with van der Waals surface area (Å²) in [5, 5.41) is 20.4. The summed E-state index contributed by atoms with van der Waals surface area (Å²) in [4.78, 5) is 26.2. The van der Waals surface area contributed by atoms with E-state index in [-0.39, 0.29) is 17.9 Å². The molecule has 1 aromatic carbocycles. The molecule has 0 bridgehead atoms. The number of amides is 1. The Kier molecular flexibility index (Phi) is 2.81. The number of aromatic nitrogens is 1. The van der Waals surface area contributed by atoms with Crippen LogP contribution in [-0.4, -0.2) is 15.8 Å². The summed E-state index contributed by atoms with van der Waals surface area (Å²) in [6.07, 6.45) is 1.13. The normalized spacial score (nSPS) is 19.8. The van der Waals surface area contributed by atoms with Gasteiger partial charge in [-0.3, -0.25) is 4.79 Å². The summed E-state index contributed by atoms with van der Waals surface area (Å²) >= 11 is 0. The molecule has 2 aromatic rings. The highest BCUT2D eigenvalue weighted by atomic mass is 16.6. The van der Waals surface area contributed by atoms with Gasteiger partial charge in [-0.15, -0.1) is 0 Å². The molecule has 3 N–H and O–H groups in total. The number of carbonyl (C=O) groups is 1. The van der Waals surface area contributed by atoms with Crippen molar-refractivity contribution in [2.75, 3.05) is 16.0 Å². The van der Waals surface area contributed by atoms with Crippen molar-refractivity contribution in [3.8, 4) is 0 Å². The van der Waals surface area contributed by atoms with Gasteiger partial charge in [-0.25, -0.2) is 0 Å². The molecule has 1 amide bonds. The van der Waals surface area contributed by atoms with E-state index in [1.165, 1.54) is 12.3 Å².